The molecule has 0 bridgehead atoms. The molecule has 0 heterocycles. The Balaban J connectivity index is 2.97. The third kappa shape index (κ3) is 8.37. The fourth-order valence-corrected chi connectivity index (χ4v) is 1.51. The summed E-state index contributed by atoms with van der Waals surface area (Å²) >= 11 is 1.90. The average molecular weight is 191 g/mol. The summed E-state index contributed by atoms with van der Waals surface area (Å²) in [7, 11) is 0. The molecule has 0 spiro atoms. The van der Waals surface area contributed by atoms with Crippen molar-refractivity contribution < 1.29 is 5.11 Å². The number of hydrogen-bond donors (Lipinski definition) is 2. The van der Waals surface area contributed by atoms with Gasteiger partial charge in [-0.2, -0.15) is 11.8 Å². The summed E-state index contributed by atoms with van der Waals surface area (Å²) in [5.41, 5.74) is 0. The Morgan fingerprint density at radius 3 is 2.75 bits per heavy atom. The van der Waals surface area contributed by atoms with Gasteiger partial charge in [0, 0.05) is 12.6 Å². The molecule has 1 unspecified atom stereocenters. The molecule has 0 aromatic rings. The lowest BCUT2D eigenvalue weighted by molar-refractivity contribution is 0.269. The van der Waals surface area contributed by atoms with Crippen LogP contribution in [0.4, 0.5) is 0 Å². The predicted octanol–water partition coefficient (Wildman–Crippen LogP) is 1.49. The van der Waals surface area contributed by atoms with E-state index in [1.807, 2.05) is 11.8 Å². The number of thioether (sulfide) groups is 1. The maximum Gasteiger partial charge on any atom is 0.0445 e. The number of aliphatic hydroxyl groups excluding tert-OH is 1. The van der Waals surface area contributed by atoms with Crippen molar-refractivity contribution in [1.29, 1.82) is 0 Å². The summed E-state index contributed by atoms with van der Waals surface area (Å²) < 4.78 is 0. The number of unbranched alkanes of at least 4 members (excludes halogenated alkanes) is 1. The molecule has 0 aliphatic heterocycles. The van der Waals surface area contributed by atoms with Crippen LogP contribution in [0.1, 0.15) is 26.2 Å². The lowest BCUT2D eigenvalue weighted by Gasteiger charge is -2.11. The smallest absolute Gasteiger partial charge is 0.0445 e. The van der Waals surface area contributed by atoms with E-state index in [1.165, 1.54) is 18.6 Å². The van der Waals surface area contributed by atoms with E-state index < -0.39 is 0 Å². The second-order valence-corrected chi connectivity index (χ2v) is 4.05. The zero-order valence-corrected chi connectivity index (χ0v) is 8.99. The number of rotatable bonds is 8. The van der Waals surface area contributed by atoms with Gasteiger partial charge in [0.1, 0.15) is 0 Å². The molecule has 1 atom stereocenters. The van der Waals surface area contributed by atoms with Crippen molar-refractivity contribution in [3.05, 3.63) is 0 Å². The summed E-state index contributed by atoms with van der Waals surface area (Å²) in [5, 5.41) is 12.0. The molecule has 74 valence electrons. The van der Waals surface area contributed by atoms with Gasteiger partial charge in [-0.15, -0.1) is 0 Å². The zero-order chi connectivity index (χ0) is 9.23. The van der Waals surface area contributed by atoms with Gasteiger partial charge < -0.3 is 10.4 Å². The zero-order valence-electron chi connectivity index (χ0n) is 8.18. The van der Waals surface area contributed by atoms with Crippen molar-refractivity contribution in [3.63, 3.8) is 0 Å². The number of aliphatic hydroxyl groups is 1. The molecule has 0 saturated heterocycles. The van der Waals surface area contributed by atoms with Crippen LogP contribution in [-0.2, 0) is 0 Å². The maximum atomic E-state index is 8.63. The van der Waals surface area contributed by atoms with Crippen LogP contribution in [0.15, 0.2) is 0 Å². The van der Waals surface area contributed by atoms with Gasteiger partial charge >= 0.3 is 0 Å². The molecule has 12 heavy (non-hydrogen) atoms. The minimum Gasteiger partial charge on any atom is -0.396 e. The Kier molecular flexibility index (Phi) is 9.57. The van der Waals surface area contributed by atoms with Crippen molar-refractivity contribution in [2.75, 3.05) is 25.2 Å². The highest BCUT2D eigenvalue weighted by atomic mass is 32.2. The molecule has 0 aliphatic rings. The quantitative estimate of drug-likeness (QED) is 0.570. The Morgan fingerprint density at radius 1 is 1.42 bits per heavy atom. The van der Waals surface area contributed by atoms with E-state index in [0.717, 1.165) is 13.0 Å². The summed E-state index contributed by atoms with van der Waals surface area (Å²) in [4.78, 5) is 0. The molecule has 0 aromatic heterocycles. The third-order valence-corrected chi connectivity index (χ3v) is 2.53. The molecule has 2 N–H and O–H groups in total. The summed E-state index contributed by atoms with van der Waals surface area (Å²) in [6.45, 7) is 3.49. The second-order valence-electron chi connectivity index (χ2n) is 3.07. The lowest BCUT2D eigenvalue weighted by Crippen LogP contribution is -2.27. The van der Waals surface area contributed by atoms with E-state index in [2.05, 4.69) is 18.5 Å². The van der Waals surface area contributed by atoms with Gasteiger partial charge in [0.25, 0.3) is 0 Å². The van der Waals surface area contributed by atoms with Crippen LogP contribution in [0.25, 0.3) is 0 Å². The molecule has 0 aliphatic carbocycles. The first-order valence-electron chi connectivity index (χ1n) is 4.64. The van der Waals surface area contributed by atoms with Crippen LogP contribution in [0.2, 0.25) is 0 Å². The van der Waals surface area contributed by atoms with Gasteiger partial charge in [0.2, 0.25) is 0 Å². The van der Waals surface area contributed by atoms with Gasteiger partial charge in [0.15, 0.2) is 0 Å². The first kappa shape index (κ1) is 12.3. The van der Waals surface area contributed by atoms with Crippen LogP contribution in [0.3, 0.4) is 0 Å². The van der Waals surface area contributed by atoms with Crippen LogP contribution in [0, 0.1) is 0 Å². The Bertz CT molecular complexity index is 90.6. The molecule has 0 aromatic carbocycles. The van der Waals surface area contributed by atoms with Gasteiger partial charge in [-0.3, -0.25) is 0 Å². The van der Waals surface area contributed by atoms with E-state index in [1.54, 1.807) is 0 Å². The molecular weight excluding hydrogens is 170 g/mol. The van der Waals surface area contributed by atoms with Crippen LogP contribution >= 0.6 is 11.8 Å². The summed E-state index contributed by atoms with van der Waals surface area (Å²) in [6.07, 6.45) is 5.54. The monoisotopic (exact) mass is 191 g/mol. The fraction of sp³-hybridized carbons (Fsp3) is 1.00. The second kappa shape index (κ2) is 9.36. The summed E-state index contributed by atoms with van der Waals surface area (Å²) in [5.74, 6) is 1.26. The third-order valence-electron chi connectivity index (χ3n) is 1.83. The fourth-order valence-electron chi connectivity index (χ4n) is 1.02. The standard InChI is InChI=1S/C9H21NOS/c1-9(5-7-11)10-6-3-4-8-12-2/h9-11H,3-8H2,1-2H3. The molecule has 2 nitrogen and oxygen atoms in total. The van der Waals surface area contributed by atoms with Gasteiger partial charge in [-0.05, 0) is 44.7 Å². The van der Waals surface area contributed by atoms with E-state index in [0.29, 0.717) is 12.6 Å². The Morgan fingerprint density at radius 2 is 2.17 bits per heavy atom. The average Bonchev–Trinajstić information content (AvgIpc) is 2.05. The van der Waals surface area contributed by atoms with Crippen LogP contribution < -0.4 is 5.32 Å². The molecule has 0 amide bonds. The molecule has 0 rings (SSSR count). The maximum absolute atomic E-state index is 8.63. The van der Waals surface area contributed by atoms with Crippen molar-refractivity contribution >= 4 is 11.8 Å². The van der Waals surface area contributed by atoms with Gasteiger partial charge in [-0.1, -0.05) is 0 Å². The Labute approximate surface area is 80.1 Å². The van der Waals surface area contributed by atoms with E-state index in [9.17, 15) is 0 Å². The minimum atomic E-state index is 0.291. The molecule has 0 saturated carbocycles. The van der Waals surface area contributed by atoms with Crippen LogP contribution in [0.5, 0.6) is 0 Å². The highest BCUT2D eigenvalue weighted by Gasteiger charge is 1.97. The van der Waals surface area contributed by atoms with Crippen molar-refractivity contribution in [2.45, 2.75) is 32.2 Å². The molecular formula is C9H21NOS. The van der Waals surface area contributed by atoms with Crippen molar-refractivity contribution in [2.24, 2.45) is 0 Å². The van der Waals surface area contributed by atoms with Crippen LogP contribution in [-0.4, -0.2) is 36.3 Å². The summed E-state index contributed by atoms with van der Waals surface area (Å²) in [6, 6.07) is 0.462. The predicted molar refractivity (Wildman–Crippen MR) is 56.8 cm³/mol. The van der Waals surface area contributed by atoms with Gasteiger partial charge in [0.05, 0.1) is 0 Å². The lowest BCUT2D eigenvalue weighted by atomic mass is 10.2. The van der Waals surface area contributed by atoms with Crippen molar-refractivity contribution in [1.82, 2.24) is 5.32 Å². The molecule has 0 radical (unpaired) electrons. The highest BCUT2D eigenvalue weighted by Crippen LogP contribution is 1.98. The normalized spacial score (nSPS) is 13.2. The van der Waals surface area contributed by atoms with E-state index in [-0.39, 0.29) is 0 Å². The largest absolute Gasteiger partial charge is 0.396 e. The van der Waals surface area contributed by atoms with Gasteiger partial charge in [-0.25, -0.2) is 0 Å². The molecule has 3 heteroatoms. The first-order chi connectivity index (χ1) is 5.81. The highest BCUT2D eigenvalue weighted by molar-refractivity contribution is 7.98. The SMILES string of the molecule is CSCCCCNC(C)CCO. The Hall–Kier alpha value is 0.270. The molecule has 0 fully saturated rings. The minimum absolute atomic E-state index is 0.291. The number of nitrogens with one attached hydrogen (secondary N) is 1. The van der Waals surface area contributed by atoms with E-state index in [4.69, 9.17) is 5.11 Å². The topological polar surface area (TPSA) is 32.3 Å². The van der Waals surface area contributed by atoms with E-state index >= 15 is 0 Å². The first-order valence-corrected chi connectivity index (χ1v) is 6.03. The number of hydrogen-bond acceptors (Lipinski definition) is 3. The van der Waals surface area contributed by atoms with Crippen molar-refractivity contribution in [3.8, 4) is 0 Å².